The smallest absolute Gasteiger partial charge is 0.224 e. The number of benzene rings is 1. The first-order chi connectivity index (χ1) is 8.62. The predicted molar refractivity (Wildman–Crippen MR) is 67.7 cm³/mol. The Morgan fingerprint density at radius 2 is 1.94 bits per heavy atom. The number of amides is 1. The van der Waals surface area contributed by atoms with Crippen molar-refractivity contribution >= 4 is 5.91 Å². The van der Waals surface area contributed by atoms with Crippen molar-refractivity contribution in [1.82, 2.24) is 4.90 Å². The highest BCUT2D eigenvalue weighted by molar-refractivity contribution is 5.75. The van der Waals surface area contributed by atoms with Crippen LogP contribution in [0, 0.1) is 0 Å². The van der Waals surface area contributed by atoms with Crippen LogP contribution in [0.25, 0.3) is 0 Å². The predicted octanol–water partition coefficient (Wildman–Crippen LogP) is 1.04. The van der Waals surface area contributed by atoms with Crippen molar-refractivity contribution in [2.45, 2.75) is 13.0 Å². The summed E-state index contributed by atoms with van der Waals surface area (Å²) in [4.78, 5) is 13.1. The van der Waals surface area contributed by atoms with Gasteiger partial charge in [-0.3, -0.25) is 4.79 Å². The standard InChI is InChI=1S/C13H19NO4/c1-14(13(16)6-7-15)9-10-4-5-11(17-2)12(8-10)18-3/h4-5,8,15H,6-7,9H2,1-3H3. The molecule has 0 aromatic heterocycles. The maximum atomic E-state index is 11.5. The number of nitrogens with zero attached hydrogens (tertiary/aromatic N) is 1. The number of hydrogen-bond donors (Lipinski definition) is 1. The average molecular weight is 253 g/mol. The fraction of sp³-hybridized carbons (Fsp3) is 0.462. The average Bonchev–Trinajstić information content (AvgIpc) is 2.38. The second kappa shape index (κ2) is 6.86. The van der Waals surface area contributed by atoms with E-state index in [1.54, 1.807) is 32.2 Å². The van der Waals surface area contributed by atoms with E-state index in [0.29, 0.717) is 18.0 Å². The molecule has 5 nitrogen and oxygen atoms in total. The summed E-state index contributed by atoms with van der Waals surface area (Å²) in [6.45, 7) is 0.342. The zero-order valence-electron chi connectivity index (χ0n) is 11.0. The summed E-state index contributed by atoms with van der Waals surface area (Å²) in [6, 6.07) is 5.52. The minimum Gasteiger partial charge on any atom is -0.493 e. The molecule has 0 aliphatic rings. The lowest BCUT2D eigenvalue weighted by molar-refractivity contribution is -0.131. The Morgan fingerprint density at radius 3 is 2.50 bits per heavy atom. The fourth-order valence-electron chi connectivity index (χ4n) is 1.63. The maximum Gasteiger partial charge on any atom is 0.224 e. The Kier molecular flexibility index (Phi) is 5.45. The van der Waals surface area contributed by atoms with E-state index >= 15 is 0 Å². The normalized spacial score (nSPS) is 10.0. The molecule has 1 aromatic carbocycles. The minimum atomic E-state index is -0.130. The van der Waals surface area contributed by atoms with E-state index in [-0.39, 0.29) is 18.9 Å². The molecule has 1 rings (SSSR count). The molecule has 1 aromatic rings. The van der Waals surface area contributed by atoms with Crippen molar-refractivity contribution in [2.75, 3.05) is 27.9 Å². The molecule has 0 aliphatic heterocycles. The highest BCUT2D eigenvalue weighted by Crippen LogP contribution is 2.27. The van der Waals surface area contributed by atoms with Gasteiger partial charge in [-0.05, 0) is 17.7 Å². The van der Waals surface area contributed by atoms with Crippen LogP contribution >= 0.6 is 0 Å². The molecule has 0 radical (unpaired) electrons. The summed E-state index contributed by atoms with van der Waals surface area (Å²) in [5.74, 6) is 1.20. The van der Waals surface area contributed by atoms with E-state index in [0.717, 1.165) is 5.56 Å². The molecule has 0 aliphatic carbocycles. The van der Waals surface area contributed by atoms with Crippen LogP contribution in [0.3, 0.4) is 0 Å². The summed E-state index contributed by atoms with van der Waals surface area (Å²) in [5.41, 5.74) is 0.946. The van der Waals surface area contributed by atoms with Gasteiger partial charge < -0.3 is 19.5 Å². The lowest BCUT2D eigenvalue weighted by Gasteiger charge is -2.17. The quantitative estimate of drug-likeness (QED) is 0.823. The highest BCUT2D eigenvalue weighted by Gasteiger charge is 2.10. The minimum absolute atomic E-state index is 0.0905. The van der Waals surface area contributed by atoms with E-state index in [9.17, 15) is 4.79 Å². The van der Waals surface area contributed by atoms with Crippen molar-refractivity contribution in [3.05, 3.63) is 23.8 Å². The Labute approximate surface area is 107 Å². The molecule has 0 bridgehead atoms. The monoisotopic (exact) mass is 253 g/mol. The molecule has 0 saturated carbocycles. The third kappa shape index (κ3) is 3.63. The van der Waals surface area contributed by atoms with Gasteiger partial charge in [0.2, 0.25) is 5.91 Å². The van der Waals surface area contributed by atoms with Crippen LogP contribution in [0.5, 0.6) is 11.5 Å². The van der Waals surface area contributed by atoms with E-state index in [2.05, 4.69) is 0 Å². The molecule has 1 N–H and O–H groups in total. The Morgan fingerprint density at radius 1 is 1.28 bits per heavy atom. The van der Waals surface area contributed by atoms with Gasteiger partial charge in [0, 0.05) is 20.0 Å². The highest BCUT2D eigenvalue weighted by atomic mass is 16.5. The van der Waals surface area contributed by atoms with Crippen LogP contribution in [-0.2, 0) is 11.3 Å². The second-order valence-corrected chi connectivity index (χ2v) is 3.91. The number of carbonyl (C=O) groups is 1. The molecule has 5 heteroatoms. The zero-order chi connectivity index (χ0) is 13.5. The molecule has 1 amide bonds. The Bertz CT molecular complexity index is 406. The van der Waals surface area contributed by atoms with Gasteiger partial charge in [-0.2, -0.15) is 0 Å². The van der Waals surface area contributed by atoms with Gasteiger partial charge in [0.1, 0.15) is 0 Å². The third-order valence-electron chi connectivity index (χ3n) is 2.62. The van der Waals surface area contributed by atoms with Gasteiger partial charge in [0.15, 0.2) is 11.5 Å². The molecular formula is C13H19NO4. The number of rotatable bonds is 6. The van der Waals surface area contributed by atoms with Crippen molar-refractivity contribution in [2.24, 2.45) is 0 Å². The molecule has 0 saturated heterocycles. The van der Waals surface area contributed by atoms with Crippen LogP contribution in [0.15, 0.2) is 18.2 Å². The number of methoxy groups -OCH3 is 2. The first-order valence-electron chi connectivity index (χ1n) is 5.68. The number of ether oxygens (including phenoxy) is 2. The topological polar surface area (TPSA) is 59.0 Å². The zero-order valence-corrected chi connectivity index (χ0v) is 11.0. The maximum absolute atomic E-state index is 11.5. The fourth-order valence-corrected chi connectivity index (χ4v) is 1.63. The van der Waals surface area contributed by atoms with E-state index in [1.807, 2.05) is 12.1 Å². The van der Waals surface area contributed by atoms with Crippen LogP contribution in [0.2, 0.25) is 0 Å². The first kappa shape index (κ1) is 14.3. The Hall–Kier alpha value is -1.75. The van der Waals surface area contributed by atoms with E-state index in [1.165, 1.54) is 0 Å². The number of carbonyl (C=O) groups excluding carboxylic acids is 1. The van der Waals surface area contributed by atoms with Gasteiger partial charge in [-0.25, -0.2) is 0 Å². The van der Waals surface area contributed by atoms with Crippen molar-refractivity contribution in [3.8, 4) is 11.5 Å². The van der Waals surface area contributed by atoms with Crippen LogP contribution in [-0.4, -0.2) is 43.8 Å². The molecular weight excluding hydrogens is 234 g/mol. The molecule has 0 heterocycles. The summed E-state index contributed by atoms with van der Waals surface area (Å²) in [6.07, 6.45) is 0.143. The second-order valence-electron chi connectivity index (χ2n) is 3.91. The number of hydrogen-bond acceptors (Lipinski definition) is 4. The summed E-state index contributed by atoms with van der Waals surface area (Å²) in [5, 5.41) is 8.72. The van der Waals surface area contributed by atoms with Gasteiger partial charge >= 0.3 is 0 Å². The SMILES string of the molecule is COc1ccc(CN(C)C(=O)CCO)cc1OC. The third-order valence-corrected chi connectivity index (χ3v) is 2.62. The molecule has 0 fully saturated rings. The van der Waals surface area contributed by atoms with Crippen molar-refractivity contribution < 1.29 is 19.4 Å². The Balaban J connectivity index is 2.76. The summed E-state index contributed by atoms with van der Waals surface area (Å²) >= 11 is 0. The first-order valence-corrected chi connectivity index (χ1v) is 5.68. The van der Waals surface area contributed by atoms with E-state index in [4.69, 9.17) is 14.6 Å². The van der Waals surface area contributed by atoms with Crippen molar-refractivity contribution in [1.29, 1.82) is 0 Å². The van der Waals surface area contributed by atoms with Crippen LogP contribution in [0.4, 0.5) is 0 Å². The molecule has 0 atom stereocenters. The molecule has 100 valence electrons. The largest absolute Gasteiger partial charge is 0.493 e. The van der Waals surface area contributed by atoms with Crippen LogP contribution in [0.1, 0.15) is 12.0 Å². The molecule has 0 unspecified atom stereocenters. The molecule has 18 heavy (non-hydrogen) atoms. The lowest BCUT2D eigenvalue weighted by atomic mass is 10.2. The number of aliphatic hydroxyl groups is 1. The number of aliphatic hydroxyl groups excluding tert-OH is 1. The van der Waals surface area contributed by atoms with Crippen LogP contribution < -0.4 is 9.47 Å². The molecule has 0 spiro atoms. The van der Waals surface area contributed by atoms with Crippen molar-refractivity contribution in [3.63, 3.8) is 0 Å². The van der Waals surface area contributed by atoms with Gasteiger partial charge in [0.25, 0.3) is 0 Å². The summed E-state index contributed by atoms with van der Waals surface area (Å²) in [7, 11) is 4.85. The van der Waals surface area contributed by atoms with E-state index < -0.39 is 0 Å². The summed E-state index contributed by atoms with van der Waals surface area (Å²) < 4.78 is 10.3. The lowest BCUT2D eigenvalue weighted by Crippen LogP contribution is -2.26. The van der Waals surface area contributed by atoms with Gasteiger partial charge in [0.05, 0.1) is 20.8 Å². The van der Waals surface area contributed by atoms with Gasteiger partial charge in [-0.1, -0.05) is 6.07 Å². The van der Waals surface area contributed by atoms with Gasteiger partial charge in [-0.15, -0.1) is 0 Å².